The molecular formula is C31H35N3O3. The van der Waals surface area contributed by atoms with E-state index in [9.17, 15) is 9.59 Å². The minimum atomic E-state index is -0.382. The first kappa shape index (κ1) is 26.1. The van der Waals surface area contributed by atoms with E-state index >= 15 is 0 Å². The lowest BCUT2D eigenvalue weighted by Crippen LogP contribution is -2.40. The van der Waals surface area contributed by atoms with Crippen LogP contribution in [0.3, 0.4) is 0 Å². The molecule has 1 aromatic heterocycles. The van der Waals surface area contributed by atoms with Gasteiger partial charge >= 0.3 is 0 Å². The first-order valence-electron chi connectivity index (χ1n) is 12.9. The lowest BCUT2D eigenvalue weighted by molar-refractivity contribution is -0.134. The number of benzene rings is 3. The molecule has 3 aromatic carbocycles. The first-order chi connectivity index (χ1) is 17.9. The number of amides is 1. The van der Waals surface area contributed by atoms with Gasteiger partial charge in [-0.2, -0.15) is 0 Å². The predicted octanol–water partition coefficient (Wildman–Crippen LogP) is 5.96. The average molecular weight is 498 g/mol. The molecular weight excluding hydrogens is 462 g/mol. The zero-order valence-corrected chi connectivity index (χ0v) is 22.1. The molecule has 0 N–H and O–H groups in total. The van der Waals surface area contributed by atoms with E-state index in [4.69, 9.17) is 9.72 Å². The molecule has 0 aliphatic heterocycles. The van der Waals surface area contributed by atoms with Crippen LogP contribution in [0, 0.1) is 5.92 Å². The highest BCUT2D eigenvalue weighted by Crippen LogP contribution is 2.30. The number of rotatable bonds is 10. The van der Waals surface area contributed by atoms with Gasteiger partial charge in [0.15, 0.2) is 0 Å². The summed E-state index contributed by atoms with van der Waals surface area (Å²) >= 11 is 0. The van der Waals surface area contributed by atoms with Gasteiger partial charge in [-0.15, -0.1) is 0 Å². The number of fused-ring (bicyclic) bond motifs is 1. The second kappa shape index (κ2) is 11.9. The number of ether oxygens (including phenoxy) is 1. The molecule has 6 heteroatoms. The van der Waals surface area contributed by atoms with Crippen LogP contribution in [-0.4, -0.2) is 34.0 Å². The largest absolute Gasteiger partial charge is 0.495 e. The number of nitrogens with zero attached hydrogens (tertiary/aromatic N) is 3. The minimum absolute atomic E-state index is 0.0541. The van der Waals surface area contributed by atoms with Crippen molar-refractivity contribution in [3.8, 4) is 11.4 Å². The third kappa shape index (κ3) is 5.74. The lowest BCUT2D eigenvalue weighted by Gasteiger charge is -2.34. The molecule has 37 heavy (non-hydrogen) atoms. The van der Waals surface area contributed by atoms with Gasteiger partial charge in [-0.25, -0.2) is 4.98 Å². The summed E-state index contributed by atoms with van der Waals surface area (Å²) in [6.07, 6.45) is 1.67. The molecule has 4 rings (SSSR count). The van der Waals surface area contributed by atoms with Crippen molar-refractivity contribution in [1.82, 2.24) is 14.5 Å². The summed E-state index contributed by atoms with van der Waals surface area (Å²) in [5, 5.41) is 0.526. The van der Waals surface area contributed by atoms with Gasteiger partial charge in [0.05, 0.1) is 29.7 Å². The summed E-state index contributed by atoms with van der Waals surface area (Å²) in [6.45, 7) is 6.81. The van der Waals surface area contributed by atoms with Gasteiger partial charge in [-0.1, -0.05) is 75.4 Å². The molecule has 6 nitrogen and oxygen atoms in total. The van der Waals surface area contributed by atoms with E-state index < -0.39 is 0 Å². The fourth-order valence-corrected chi connectivity index (χ4v) is 4.80. The van der Waals surface area contributed by atoms with Gasteiger partial charge in [0, 0.05) is 13.0 Å². The molecule has 0 bridgehead atoms. The Hall–Kier alpha value is -3.93. The maximum Gasteiger partial charge on any atom is 0.266 e. The topological polar surface area (TPSA) is 64.4 Å². The van der Waals surface area contributed by atoms with E-state index in [1.165, 1.54) is 0 Å². The maximum atomic E-state index is 13.9. The van der Waals surface area contributed by atoms with Crippen molar-refractivity contribution >= 4 is 16.8 Å². The lowest BCUT2D eigenvalue weighted by atomic mass is 10.0. The molecule has 0 aliphatic carbocycles. The highest BCUT2D eigenvalue weighted by atomic mass is 16.5. The molecule has 192 valence electrons. The Morgan fingerprint density at radius 2 is 1.65 bits per heavy atom. The quantitative estimate of drug-likeness (QED) is 0.271. The predicted molar refractivity (Wildman–Crippen MR) is 148 cm³/mol. The Bertz CT molecular complexity index is 1410. The Morgan fingerprint density at radius 1 is 0.973 bits per heavy atom. The molecule has 0 fully saturated rings. The van der Waals surface area contributed by atoms with Crippen LogP contribution in [0.15, 0.2) is 83.7 Å². The number of carbonyl (C=O) groups excluding carboxylic acids is 1. The SMILES string of the molecule is CCC(c1nc2ccccc2c(=O)n1-c1ccccc1OC)N(CC(C)C)C(=O)CCc1ccccc1. The minimum Gasteiger partial charge on any atom is -0.495 e. The van der Waals surface area contributed by atoms with Gasteiger partial charge < -0.3 is 9.64 Å². The second-order valence-electron chi connectivity index (χ2n) is 9.65. The number of carbonyl (C=O) groups is 1. The van der Waals surface area contributed by atoms with Gasteiger partial charge in [-0.3, -0.25) is 14.2 Å². The molecule has 0 saturated heterocycles. The van der Waals surface area contributed by atoms with Crippen LogP contribution in [0.1, 0.15) is 51.0 Å². The highest BCUT2D eigenvalue weighted by molar-refractivity contribution is 5.79. The van der Waals surface area contributed by atoms with Crippen LogP contribution in [0.4, 0.5) is 0 Å². The maximum absolute atomic E-state index is 13.9. The molecule has 1 amide bonds. The van der Waals surface area contributed by atoms with Gasteiger partial charge in [-0.05, 0) is 48.6 Å². The fourth-order valence-electron chi connectivity index (χ4n) is 4.80. The van der Waals surface area contributed by atoms with Crippen molar-refractivity contribution in [2.24, 2.45) is 5.92 Å². The van der Waals surface area contributed by atoms with Crippen LogP contribution in [0.25, 0.3) is 16.6 Å². The van der Waals surface area contributed by atoms with E-state index in [2.05, 4.69) is 13.8 Å². The standard InChI is InChI=1S/C31H35N3O3/c1-5-26(33(21-22(2)3)29(35)20-19-23-13-7-6-8-14-23)30-32-25-16-10-9-15-24(25)31(36)34(30)27-17-11-12-18-28(27)37-4/h6-18,22,26H,5,19-21H2,1-4H3. The highest BCUT2D eigenvalue weighted by Gasteiger charge is 2.30. The molecule has 0 saturated carbocycles. The first-order valence-corrected chi connectivity index (χ1v) is 12.9. The summed E-state index contributed by atoms with van der Waals surface area (Å²) in [7, 11) is 1.59. The average Bonchev–Trinajstić information content (AvgIpc) is 2.92. The smallest absolute Gasteiger partial charge is 0.266 e. The van der Waals surface area contributed by atoms with Gasteiger partial charge in [0.25, 0.3) is 5.56 Å². The number of hydrogen-bond acceptors (Lipinski definition) is 4. The second-order valence-corrected chi connectivity index (χ2v) is 9.65. The number of hydrogen-bond donors (Lipinski definition) is 0. The van der Waals surface area contributed by atoms with Gasteiger partial charge in [0.1, 0.15) is 11.6 Å². The van der Waals surface area contributed by atoms with Gasteiger partial charge in [0.2, 0.25) is 5.91 Å². The molecule has 1 unspecified atom stereocenters. The number of aromatic nitrogens is 2. The van der Waals surface area contributed by atoms with E-state index in [0.717, 1.165) is 5.56 Å². The van der Waals surface area contributed by atoms with Crippen molar-refractivity contribution < 1.29 is 9.53 Å². The number of methoxy groups -OCH3 is 1. The van der Waals surface area contributed by atoms with Crippen LogP contribution in [0.2, 0.25) is 0 Å². The van der Waals surface area contributed by atoms with Crippen molar-refractivity contribution in [1.29, 1.82) is 0 Å². The Morgan fingerprint density at radius 3 is 2.35 bits per heavy atom. The third-order valence-corrected chi connectivity index (χ3v) is 6.54. The van der Waals surface area contributed by atoms with E-state index in [0.29, 0.717) is 54.0 Å². The van der Waals surface area contributed by atoms with Crippen molar-refractivity contribution in [3.63, 3.8) is 0 Å². The molecule has 0 radical (unpaired) electrons. The number of para-hydroxylation sites is 3. The summed E-state index contributed by atoms with van der Waals surface area (Å²) in [5.74, 6) is 1.42. The zero-order valence-electron chi connectivity index (χ0n) is 22.1. The number of aryl methyl sites for hydroxylation is 1. The van der Waals surface area contributed by atoms with E-state index in [-0.39, 0.29) is 23.4 Å². The van der Waals surface area contributed by atoms with Crippen LogP contribution in [-0.2, 0) is 11.2 Å². The van der Waals surface area contributed by atoms with Crippen LogP contribution in [0.5, 0.6) is 5.75 Å². The van der Waals surface area contributed by atoms with Crippen molar-refractivity contribution in [2.75, 3.05) is 13.7 Å². The van der Waals surface area contributed by atoms with Crippen molar-refractivity contribution in [3.05, 3.63) is 101 Å². The van der Waals surface area contributed by atoms with Crippen molar-refractivity contribution in [2.45, 2.75) is 46.1 Å². The molecule has 4 aromatic rings. The Kier molecular flexibility index (Phi) is 8.39. The van der Waals surface area contributed by atoms with E-state index in [1.54, 1.807) is 17.7 Å². The van der Waals surface area contributed by atoms with Crippen LogP contribution < -0.4 is 10.3 Å². The summed E-state index contributed by atoms with van der Waals surface area (Å²) < 4.78 is 7.26. The molecule has 0 aliphatic rings. The summed E-state index contributed by atoms with van der Waals surface area (Å²) in [4.78, 5) is 34.6. The fraction of sp³-hybridized carbons (Fsp3) is 0.323. The third-order valence-electron chi connectivity index (χ3n) is 6.54. The monoisotopic (exact) mass is 497 g/mol. The summed E-state index contributed by atoms with van der Waals surface area (Å²) in [6, 6.07) is 24.5. The Labute approximate surface area is 218 Å². The zero-order chi connectivity index (χ0) is 26.4. The van der Waals surface area contributed by atoms with E-state index in [1.807, 2.05) is 84.6 Å². The molecule has 0 spiro atoms. The molecule has 1 heterocycles. The molecule has 1 atom stereocenters. The van der Waals surface area contributed by atoms with Crippen LogP contribution >= 0.6 is 0 Å². The normalized spacial score (nSPS) is 12.0. The summed E-state index contributed by atoms with van der Waals surface area (Å²) in [5.41, 5.74) is 2.18. The Balaban J connectivity index is 1.85.